The van der Waals surface area contributed by atoms with E-state index in [4.69, 9.17) is 9.84 Å². The van der Waals surface area contributed by atoms with Crippen LogP contribution in [0.4, 0.5) is 4.79 Å². The Bertz CT molecular complexity index is 399. The van der Waals surface area contributed by atoms with Gasteiger partial charge in [0.2, 0.25) is 0 Å². The molecule has 0 aliphatic carbocycles. The lowest BCUT2D eigenvalue weighted by Gasteiger charge is -2.28. The van der Waals surface area contributed by atoms with Crippen molar-refractivity contribution in [3.8, 4) is 0 Å². The number of carbonyl (C=O) groups is 1. The highest BCUT2D eigenvalue weighted by Gasteiger charge is 2.13. The number of halogens is 1. The van der Waals surface area contributed by atoms with Crippen molar-refractivity contribution >= 4 is 6.09 Å². The Hall–Kier alpha value is -1.11. The average Bonchev–Trinajstić information content (AvgIpc) is 2.42. The summed E-state index contributed by atoms with van der Waals surface area (Å²) in [6.45, 7) is 2.68. The number of aliphatic hydroxyl groups excluding tert-OH is 1. The number of alkyl carbamates (subject to hydrolysis) is 1. The Morgan fingerprint density at radius 1 is 1.24 bits per heavy atom. The first-order valence-electron chi connectivity index (χ1n) is 6.91. The number of benzene rings is 1. The number of nitrogens with zero attached hydrogens (tertiary/aromatic N) is 1. The van der Waals surface area contributed by atoms with Gasteiger partial charge in [-0.1, -0.05) is 30.3 Å². The predicted octanol–water partition coefficient (Wildman–Crippen LogP) is -1.62. The minimum Gasteiger partial charge on any atom is -1.00 e. The second-order valence-corrected chi connectivity index (χ2v) is 5.45. The van der Waals surface area contributed by atoms with E-state index in [1.54, 1.807) is 0 Å². The summed E-state index contributed by atoms with van der Waals surface area (Å²) in [7, 11) is 4.12. The molecular formula is C15H25BrN2O3. The van der Waals surface area contributed by atoms with E-state index in [-0.39, 0.29) is 29.7 Å². The third kappa shape index (κ3) is 9.44. The van der Waals surface area contributed by atoms with Gasteiger partial charge in [0.1, 0.15) is 13.2 Å². The maximum atomic E-state index is 11.5. The molecule has 1 aromatic rings. The first-order valence-corrected chi connectivity index (χ1v) is 6.91. The van der Waals surface area contributed by atoms with Gasteiger partial charge >= 0.3 is 6.09 Å². The van der Waals surface area contributed by atoms with E-state index < -0.39 is 0 Å². The van der Waals surface area contributed by atoms with Crippen LogP contribution in [0.3, 0.4) is 0 Å². The van der Waals surface area contributed by atoms with E-state index in [1.165, 1.54) is 0 Å². The van der Waals surface area contributed by atoms with Crippen LogP contribution in [0.1, 0.15) is 12.0 Å². The van der Waals surface area contributed by atoms with Crippen LogP contribution in [0.2, 0.25) is 0 Å². The van der Waals surface area contributed by atoms with Crippen molar-refractivity contribution in [2.45, 2.75) is 13.0 Å². The Labute approximate surface area is 137 Å². The van der Waals surface area contributed by atoms with Crippen LogP contribution in [0.15, 0.2) is 30.3 Å². The van der Waals surface area contributed by atoms with Crippen LogP contribution in [0.25, 0.3) is 0 Å². The third-order valence-electron chi connectivity index (χ3n) is 3.13. The Morgan fingerprint density at radius 2 is 1.90 bits per heavy atom. The highest BCUT2D eigenvalue weighted by molar-refractivity contribution is 5.67. The number of quaternary nitrogens is 1. The summed E-state index contributed by atoms with van der Waals surface area (Å²) in [4.78, 5) is 11.5. The molecule has 0 fully saturated rings. The molecule has 0 saturated heterocycles. The van der Waals surface area contributed by atoms with Crippen molar-refractivity contribution in [2.24, 2.45) is 0 Å². The fourth-order valence-corrected chi connectivity index (χ4v) is 1.85. The van der Waals surface area contributed by atoms with Crippen molar-refractivity contribution in [2.75, 3.05) is 40.3 Å². The number of carbonyl (C=O) groups excluding carboxylic acids is 1. The Morgan fingerprint density at radius 3 is 2.52 bits per heavy atom. The molecule has 0 radical (unpaired) electrons. The SMILES string of the molecule is C[N+](C)(CCO)CCCNC(=O)OCc1ccccc1.[Br-]. The maximum absolute atomic E-state index is 11.5. The molecule has 0 spiro atoms. The van der Waals surface area contributed by atoms with Gasteiger partial charge in [0, 0.05) is 13.0 Å². The molecule has 0 heterocycles. The lowest BCUT2D eigenvalue weighted by Crippen LogP contribution is -3.00. The van der Waals surface area contributed by atoms with Crippen molar-refractivity contribution in [1.29, 1.82) is 0 Å². The quantitative estimate of drug-likeness (QED) is 0.432. The lowest BCUT2D eigenvalue weighted by atomic mass is 10.2. The Balaban J connectivity index is 0.00000400. The van der Waals surface area contributed by atoms with Crippen molar-refractivity contribution in [1.82, 2.24) is 5.32 Å². The van der Waals surface area contributed by atoms with E-state index >= 15 is 0 Å². The van der Waals surface area contributed by atoms with E-state index in [0.717, 1.165) is 29.6 Å². The largest absolute Gasteiger partial charge is 1.00 e. The van der Waals surface area contributed by atoms with Gasteiger partial charge in [-0.15, -0.1) is 0 Å². The zero-order valence-electron chi connectivity index (χ0n) is 12.7. The predicted molar refractivity (Wildman–Crippen MR) is 78.2 cm³/mol. The third-order valence-corrected chi connectivity index (χ3v) is 3.13. The number of aliphatic hydroxyl groups is 1. The van der Waals surface area contributed by atoms with E-state index in [9.17, 15) is 4.79 Å². The van der Waals surface area contributed by atoms with Crippen LogP contribution in [-0.2, 0) is 11.3 Å². The van der Waals surface area contributed by atoms with E-state index in [0.29, 0.717) is 13.2 Å². The minimum atomic E-state index is -0.388. The molecule has 21 heavy (non-hydrogen) atoms. The number of hydrogen-bond donors (Lipinski definition) is 2. The zero-order chi connectivity index (χ0) is 14.8. The number of rotatable bonds is 8. The van der Waals surface area contributed by atoms with E-state index in [1.807, 2.05) is 30.3 Å². The summed E-state index contributed by atoms with van der Waals surface area (Å²) in [5, 5.41) is 11.7. The fraction of sp³-hybridized carbons (Fsp3) is 0.533. The molecule has 2 N–H and O–H groups in total. The van der Waals surface area contributed by atoms with Crippen LogP contribution >= 0.6 is 0 Å². The Kier molecular flexibility index (Phi) is 10.0. The maximum Gasteiger partial charge on any atom is 0.407 e. The van der Waals surface area contributed by atoms with Crippen molar-refractivity contribution < 1.29 is 36.1 Å². The average molecular weight is 361 g/mol. The van der Waals surface area contributed by atoms with E-state index in [2.05, 4.69) is 19.4 Å². The first-order chi connectivity index (χ1) is 9.53. The van der Waals surface area contributed by atoms with Gasteiger partial charge in [-0.05, 0) is 5.56 Å². The van der Waals surface area contributed by atoms with Gasteiger partial charge in [-0.3, -0.25) is 0 Å². The molecule has 6 heteroatoms. The lowest BCUT2D eigenvalue weighted by molar-refractivity contribution is -0.890. The molecule has 0 aromatic heterocycles. The molecule has 0 unspecified atom stereocenters. The molecule has 1 amide bonds. The zero-order valence-corrected chi connectivity index (χ0v) is 14.3. The number of hydrogen-bond acceptors (Lipinski definition) is 3. The second kappa shape index (κ2) is 10.6. The van der Waals surface area contributed by atoms with Gasteiger partial charge < -0.3 is 36.6 Å². The van der Waals surface area contributed by atoms with Crippen molar-refractivity contribution in [3.05, 3.63) is 35.9 Å². The summed E-state index contributed by atoms with van der Waals surface area (Å²) in [5.74, 6) is 0. The number of likely N-dealkylation sites (N-methyl/N-ethyl adjacent to an activating group) is 1. The summed E-state index contributed by atoms with van der Waals surface area (Å²) in [6, 6.07) is 9.59. The molecule has 1 rings (SSSR count). The monoisotopic (exact) mass is 360 g/mol. The standard InChI is InChI=1S/C15H24N2O3.BrH/c1-17(2,11-12-18)10-6-9-16-15(19)20-13-14-7-4-3-5-8-14;/h3-5,7-8,18H,6,9-13H2,1-2H3;1H. The second-order valence-electron chi connectivity index (χ2n) is 5.45. The molecular weight excluding hydrogens is 336 g/mol. The fourth-order valence-electron chi connectivity index (χ4n) is 1.85. The molecule has 0 aliphatic rings. The molecule has 5 nitrogen and oxygen atoms in total. The molecule has 0 saturated carbocycles. The van der Waals surface area contributed by atoms with Crippen LogP contribution in [0.5, 0.6) is 0 Å². The first kappa shape index (κ1) is 19.9. The number of nitrogens with one attached hydrogen (secondary N) is 1. The van der Waals surface area contributed by atoms with Gasteiger partial charge in [-0.2, -0.15) is 0 Å². The molecule has 120 valence electrons. The molecule has 0 bridgehead atoms. The minimum absolute atomic E-state index is 0. The van der Waals surface area contributed by atoms with Gasteiger partial charge in [0.05, 0.1) is 27.2 Å². The number of amides is 1. The summed E-state index contributed by atoms with van der Waals surface area (Å²) < 4.78 is 5.86. The van der Waals surface area contributed by atoms with Crippen molar-refractivity contribution in [3.63, 3.8) is 0 Å². The molecule has 0 atom stereocenters. The summed E-state index contributed by atoms with van der Waals surface area (Å²) in [6.07, 6.45) is 0.467. The smallest absolute Gasteiger partial charge is 0.407 e. The summed E-state index contributed by atoms with van der Waals surface area (Å²) >= 11 is 0. The molecule has 1 aromatic carbocycles. The van der Waals surface area contributed by atoms with Crippen LogP contribution in [-0.4, -0.2) is 56.0 Å². The molecule has 0 aliphatic heterocycles. The number of ether oxygens (including phenoxy) is 1. The summed E-state index contributed by atoms with van der Waals surface area (Å²) in [5.41, 5.74) is 0.975. The van der Waals surface area contributed by atoms with Gasteiger partial charge in [-0.25, -0.2) is 4.79 Å². The highest BCUT2D eigenvalue weighted by atomic mass is 79.9. The van der Waals surface area contributed by atoms with Gasteiger partial charge in [0.25, 0.3) is 0 Å². The topological polar surface area (TPSA) is 58.6 Å². The van der Waals surface area contributed by atoms with Crippen LogP contribution in [0, 0.1) is 0 Å². The highest BCUT2D eigenvalue weighted by Crippen LogP contribution is 2.01. The normalized spacial score (nSPS) is 10.6. The van der Waals surface area contributed by atoms with Gasteiger partial charge in [0.15, 0.2) is 0 Å². The van der Waals surface area contributed by atoms with Crippen LogP contribution < -0.4 is 22.3 Å².